The Bertz CT molecular complexity index is 213. The second-order valence-electron chi connectivity index (χ2n) is 5.04. The Kier molecular flexibility index (Phi) is 5.77. The molecule has 0 bridgehead atoms. The summed E-state index contributed by atoms with van der Waals surface area (Å²) in [6.45, 7) is 6.53. The molecule has 0 aromatic rings. The molecule has 1 rings (SSSR count). The van der Waals surface area contributed by atoms with E-state index in [4.69, 9.17) is 10.5 Å². The summed E-state index contributed by atoms with van der Waals surface area (Å²) in [5.41, 5.74) is 5.80. The van der Waals surface area contributed by atoms with Crippen LogP contribution in [0.5, 0.6) is 0 Å². The van der Waals surface area contributed by atoms with Crippen LogP contribution in [0.2, 0.25) is 0 Å². The van der Waals surface area contributed by atoms with Crippen molar-refractivity contribution in [3.8, 4) is 0 Å². The predicted octanol–water partition coefficient (Wildman–Crippen LogP) is 0.903. The average molecular weight is 228 g/mol. The highest BCUT2D eigenvalue weighted by Crippen LogP contribution is 2.13. The molecule has 1 fully saturated rings. The highest BCUT2D eigenvalue weighted by Gasteiger charge is 2.18. The second kappa shape index (κ2) is 6.86. The molecular weight excluding hydrogens is 204 g/mol. The summed E-state index contributed by atoms with van der Waals surface area (Å²) < 4.78 is 5.27. The smallest absolute Gasteiger partial charge is 0.236 e. The van der Waals surface area contributed by atoms with Gasteiger partial charge in [0, 0.05) is 19.8 Å². The largest absolute Gasteiger partial charge is 0.381 e. The molecule has 0 aromatic heterocycles. The van der Waals surface area contributed by atoms with Crippen molar-refractivity contribution < 1.29 is 9.53 Å². The number of ether oxygens (including phenoxy) is 1. The van der Waals surface area contributed by atoms with Crippen molar-refractivity contribution in [3.63, 3.8) is 0 Å². The van der Waals surface area contributed by atoms with Gasteiger partial charge in [0.15, 0.2) is 0 Å². The van der Waals surface area contributed by atoms with E-state index in [9.17, 15) is 4.79 Å². The molecule has 1 aliphatic rings. The van der Waals surface area contributed by atoms with Crippen LogP contribution in [0.25, 0.3) is 0 Å². The summed E-state index contributed by atoms with van der Waals surface area (Å²) in [5.74, 6) is 1.01. The number of amides is 1. The third kappa shape index (κ3) is 4.94. The number of carbonyl (C=O) groups is 1. The highest BCUT2D eigenvalue weighted by atomic mass is 16.5. The molecule has 1 heterocycles. The fourth-order valence-corrected chi connectivity index (χ4v) is 1.94. The molecule has 0 aliphatic carbocycles. The van der Waals surface area contributed by atoms with Gasteiger partial charge in [-0.3, -0.25) is 4.79 Å². The van der Waals surface area contributed by atoms with Crippen molar-refractivity contribution in [1.82, 2.24) is 5.32 Å². The topological polar surface area (TPSA) is 64.4 Å². The average Bonchev–Trinajstić information content (AvgIpc) is 2.26. The normalized spacial score (nSPS) is 19.8. The van der Waals surface area contributed by atoms with Crippen LogP contribution in [0.15, 0.2) is 0 Å². The van der Waals surface area contributed by atoms with E-state index in [-0.39, 0.29) is 11.9 Å². The molecule has 16 heavy (non-hydrogen) atoms. The van der Waals surface area contributed by atoms with Gasteiger partial charge >= 0.3 is 0 Å². The summed E-state index contributed by atoms with van der Waals surface area (Å²) in [6, 6.07) is -0.361. The molecule has 0 spiro atoms. The second-order valence-corrected chi connectivity index (χ2v) is 5.04. The zero-order valence-corrected chi connectivity index (χ0v) is 10.4. The third-order valence-electron chi connectivity index (χ3n) is 2.97. The van der Waals surface area contributed by atoms with Gasteiger partial charge in [-0.15, -0.1) is 0 Å². The summed E-state index contributed by atoms with van der Waals surface area (Å²) in [6.07, 6.45) is 2.83. The van der Waals surface area contributed by atoms with Crippen LogP contribution < -0.4 is 11.1 Å². The first-order valence-corrected chi connectivity index (χ1v) is 6.20. The Morgan fingerprint density at radius 1 is 1.44 bits per heavy atom. The minimum absolute atomic E-state index is 0.0137. The van der Waals surface area contributed by atoms with Gasteiger partial charge in [-0.1, -0.05) is 13.8 Å². The Morgan fingerprint density at radius 3 is 2.62 bits per heavy atom. The lowest BCUT2D eigenvalue weighted by Gasteiger charge is -2.23. The van der Waals surface area contributed by atoms with E-state index in [2.05, 4.69) is 19.2 Å². The lowest BCUT2D eigenvalue weighted by molar-refractivity contribution is -0.123. The zero-order chi connectivity index (χ0) is 12.0. The molecule has 3 N–H and O–H groups in total. The van der Waals surface area contributed by atoms with Crippen LogP contribution >= 0.6 is 0 Å². The Morgan fingerprint density at radius 2 is 2.06 bits per heavy atom. The fraction of sp³-hybridized carbons (Fsp3) is 0.917. The Hall–Kier alpha value is -0.610. The SMILES string of the molecule is CC(C)C[C@H](N)C(=O)NCC1CCOCC1. The maximum Gasteiger partial charge on any atom is 0.236 e. The first-order valence-electron chi connectivity index (χ1n) is 6.20. The van der Waals surface area contributed by atoms with Gasteiger partial charge in [0.25, 0.3) is 0 Å². The molecule has 0 saturated carbocycles. The first-order chi connectivity index (χ1) is 7.59. The summed E-state index contributed by atoms with van der Waals surface area (Å²) in [4.78, 5) is 11.7. The molecule has 1 atom stereocenters. The molecule has 1 saturated heterocycles. The summed E-state index contributed by atoms with van der Waals surface area (Å²) in [5, 5.41) is 2.94. The van der Waals surface area contributed by atoms with Gasteiger partial charge in [0.1, 0.15) is 0 Å². The van der Waals surface area contributed by atoms with Gasteiger partial charge in [-0.05, 0) is 31.1 Å². The number of nitrogens with two attached hydrogens (primary N) is 1. The van der Waals surface area contributed by atoms with E-state index in [1.807, 2.05) is 0 Å². The van der Waals surface area contributed by atoms with E-state index in [0.717, 1.165) is 39.0 Å². The van der Waals surface area contributed by atoms with Crippen molar-refractivity contribution in [2.45, 2.75) is 39.2 Å². The van der Waals surface area contributed by atoms with Crippen molar-refractivity contribution in [2.75, 3.05) is 19.8 Å². The Labute approximate surface area is 97.9 Å². The predicted molar refractivity (Wildman–Crippen MR) is 64.0 cm³/mol. The number of carbonyl (C=O) groups excluding carboxylic acids is 1. The highest BCUT2D eigenvalue weighted by molar-refractivity contribution is 5.81. The summed E-state index contributed by atoms with van der Waals surface area (Å²) >= 11 is 0. The van der Waals surface area contributed by atoms with Crippen LogP contribution in [0.4, 0.5) is 0 Å². The van der Waals surface area contributed by atoms with Gasteiger partial charge < -0.3 is 15.8 Å². The first kappa shape index (κ1) is 13.5. The molecule has 1 amide bonds. The van der Waals surface area contributed by atoms with E-state index in [0.29, 0.717) is 11.8 Å². The van der Waals surface area contributed by atoms with Crippen molar-refractivity contribution in [3.05, 3.63) is 0 Å². The van der Waals surface area contributed by atoms with Gasteiger partial charge in [-0.25, -0.2) is 0 Å². The molecule has 1 aliphatic heterocycles. The standard InChI is InChI=1S/C12H24N2O2/c1-9(2)7-11(13)12(15)14-8-10-3-5-16-6-4-10/h9-11H,3-8,13H2,1-2H3,(H,14,15)/t11-/m0/s1. The number of rotatable bonds is 5. The van der Waals surface area contributed by atoms with Crippen LogP contribution in [0.3, 0.4) is 0 Å². The van der Waals surface area contributed by atoms with Crippen molar-refractivity contribution in [2.24, 2.45) is 17.6 Å². The van der Waals surface area contributed by atoms with E-state index >= 15 is 0 Å². The van der Waals surface area contributed by atoms with Crippen LogP contribution in [0.1, 0.15) is 33.1 Å². The minimum atomic E-state index is -0.361. The molecule has 0 radical (unpaired) electrons. The van der Waals surface area contributed by atoms with Crippen molar-refractivity contribution >= 4 is 5.91 Å². The van der Waals surface area contributed by atoms with E-state index in [1.54, 1.807) is 0 Å². The zero-order valence-electron chi connectivity index (χ0n) is 10.4. The molecule has 4 nitrogen and oxygen atoms in total. The molecule has 0 aromatic carbocycles. The van der Waals surface area contributed by atoms with E-state index in [1.165, 1.54) is 0 Å². The quantitative estimate of drug-likeness (QED) is 0.735. The van der Waals surface area contributed by atoms with E-state index < -0.39 is 0 Å². The monoisotopic (exact) mass is 228 g/mol. The Balaban J connectivity index is 2.17. The van der Waals surface area contributed by atoms with Crippen LogP contribution in [-0.2, 0) is 9.53 Å². The molecule has 94 valence electrons. The lowest BCUT2D eigenvalue weighted by Crippen LogP contribution is -2.43. The maximum atomic E-state index is 11.7. The van der Waals surface area contributed by atoms with Gasteiger partial charge in [0.05, 0.1) is 6.04 Å². The van der Waals surface area contributed by atoms with Crippen molar-refractivity contribution in [1.29, 1.82) is 0 Å². The third-order valence-corrected chi connectivity index (χ3v) is 2.97. The number of hydrogen-bond donors (Lipinski definition) is 2. The summed E-state index contributed by atoms with van der Waals surface area (Å²) in [7, 11) is 0. The van der Waals surface area contributed by atoms with Gasteiger partial charge in [-0.2, -0.15) is 0 Å². The maximum absolute atomic E-state index is 11.7. The minimum Gasteiger partial charge on any atom is -0.381 e. The van der Waals surface area contributed by atoms with Crippen LogP contribution in [-0.4, -0.2) is 31.7 Å². The van der Waals surface area contributed by atoms with Gasteiger partial charge in [0.2, 0.25) is 5.91 Å². The lowest BCUT2D eigenvalue weighted by atomic mass is 9.99. The number of nitrogens with one attached hydrogen (secondary N) is 1. The number of hydrogen-bond acceptors (Lipinski definition) is 3. The molecule has 0 unspecified atom stereocenters. The van der Waals surface area contributed by atoms with Crippen LogP contribution in [0, 0.1) is 11.8 Å². The molecule has 4 heteroatoms. The fourth-order valence-electron chi connectivity index (χ4n) is 1.94. The molecular formula is C12H24N2O2.